The van der Waals surface area contributed by atoms with Gasteiger partial charge < -0.3 is 4.57 Å². The molecule has 2 aromatic carbocycles. The van der Waals surface area contributed by atoms with Gasteiger partial charge in [0.1, 0.15) is 0 Å². The molecule has 0 aliphatic rings. The summed E-state index contributed by atoms with van der Waals surface area (Å²) in [5.41, 5.74) is 5.70. The molecule has 0 N–H and O–H groups in total. The molecule has 0 fully saturated rings. The number of fused-ring (bicyclic) bond motifs is 1. The van der Waals surface area contributed by atoms with Crippen LogP contribution in [0.2, 0.25) is 0 Å². The normalized spacial score (nSPS) is 11.6. The van der Waals surface area contributed by atoms with Crippen LogP contribution in [-0.2, 0) is 7.05 Å². The Balaban J connectivity index is 2.19. The number of aryl methyl sites for hydroxylation is 3. The van der Waals surface area contributed by atoms with Crippen LogP contribution >= 0.6 is 12.2 Å². The van der Waals surface area contributed by atoms with Gasteiger partial charge in [0.25, 0.3) is 0 Å². The Labute approximate surface area is 129 Å². The molecular formula is C17H17N3S. The van der Waals surface area contributed by atoms with Crippen LogP contribution in [0.4, 0.5) is 0 Å². The highest BCUT2D eigenvalue weighted by Crippen LogP contribution is 2.21. The summed E-state index contributed by atoms with van der Waals surface area (Å²) in [4.78, 5) is 0. The van der Waals surface area contributed by atoms with E-state index in [2.05, 4.69) is 31.1 Å². The zero-order valence-corrected chi connectivity index (χ0v) is 13.2. The molecule has 0 bridgehead atoms. The molecule has 4 heteroatoms. The van der Waals surface area contributed by atoms with Gasteiger partial charge in [-0.2, -0.15) is 5.10 Å². The number of rotatable bonds is 2. The van der Waals surface area contributed by atoms with E-state index in [-0.39, 0.29) is 0 Å². The lowest BCUT2D eigenvalue weighted by Gasteiger charge is -2.02. The van der Waals surface area contributed by atoms with Crippen LogP contribution in [0.5, 0.6) is 0 Å². The van der Waals surface area contributed by atoms with Gasteiger partial charge in [-0.25, -0.2) is 4.68 Å². The Bertz CT molecular complexity index is 886. The second-order valence-electron chi connectivity index (χ2n) is 5.23. The van der Waals surface area contributed by atoms with Crippen molar-refractivity contribution in [2.45, 2.75) is 13.8 Å². The topological polar surface area (TPSA) is 22.2 Å². The zero-order valence-electron chi connectivity index (χ0n) is 12.4. The van der Waals surface area contributed by atoms with Gasteiger partial charge >= 0.3 is 0 Å². The lowest BCUT2D eigenvalue weighted by Crippen LogP contribution is -1.93. The van der Waals surface area contributed by atoms with Gasteiger partial charge in [-0.3, -0.25) is 0 Å². The third-order valence-corrected chi connectivity index (χ3v) is 4.22. The lowest BCUT2D eigenvalue weighted by atomic mass is 10.1. The average Bonchev–Trinajstić information content (AvgIpc) is 2.71. The second kappa shape index (κ2) is 5.30. The number of nitrogens with zero attached hydrogens (tertiary/aromatic N) is 3. The van der Waals surface area contributed by atoms with E-state index in [0.29, 0.717) is 4.77 Å². The van der Waals surface area contributed by atoms with Crippen molar-refractivity contribution in [3.63, 3.8) is 0 Å². The molecule has 0 atom stereocenters. The van der Waals surface area contributed by atoms with Crippen molar-refractivity contribution in [1.82, 2.24) is 9.24 Å². The summed E-state index contributed by atoms with van der Waals surface area (Å²) in [7, 11) is 1.98. The van der Waals surface area contributed by atoms with Gasteiger partial charge in [0, 0.05) is 7.05 Å². The van der Waals surface area contributed by atoms with E-state index < -0.39 is 0 Å². The average molecular weight is 295 g/mol. The Kier molecular flexibility index (Phi) is 3.47. The molecule has 0 saturated carbocycles. The fraction of sp³-hybridized carbons (Fsp3) is 0.176. The van der Waals surface area contributed by atoms with E-state index in [9.17, 15) is 0 Å². The standard InChI is InChI=1S/C17H17N3S/c1-12-9-15-16(10-13(12)2)20(17(21)19(15)3)18-11-14-7-5-4-6-8-14/h4-11H,1-3H3/b18-11+. The fourth-order valence-electron chi connectivity index (χ4n) is 2.35. The van der Waals surface area contributed by atoms with Crippen LogP contribution in [0, 0.1) is 18.6 Å². The monoisotopic (exact) mass is 295 g/mol. The van der Waals surface area contributed by atoms with Crippen molar-refractivity contribution >= 4 is 29.5 Å². The van der Waals surface area contributed by atoms with Crippen LogP contribution < -0.4 is 0 Å². The van der Waals surface area contributed by atoms with E-state index in [4.69, 9.17) is 12.2 Å². The minimum atomic E-state index is 0.696. The summed E-state index contributed by atoms with van der Waals surface area (Å²) in [6, 6.07) is 14.3. The SMILES string of the molecule is Cc1cc2c(cc1C)n(/N=C/c1ccccc1)c(=S)n2C. The van der Waals surface area contributed by atoms with Gasteiger partial charge in [-0.15, -0.1) is 0 Å². The minimum Gasteiger partial charge on any atom is -0.318 e. The molecule has 0 radical (unpaired) electrons. The first-order valence-electron chi connectivity index (χ1n) is 6.86. The summed E-state index contributed by atoms with van der Waals surface area (Å²) in [6.07, 6.45) is 1.84. The maximum atomic E-state index is 5.51. The number of aromatic nitrogens is 2. The van der Waals surface area contributed by atoms with E-state index >= 15 is 0 Å². The molecule has 3 rings (SSSR count). The summed E-state index contributed by atoms with van der Waals surface area (Å²) in [6.45, 7) is 4.22. The molecule has 1 heterocycles. The number of imidazole rings is 1. The smallest absolute Gasteiger partial charge is 0.201 e. The van der Waals surface area contributed by atoms with E-state index in [1.807, 2.05) is 52.8 Å². The number of benzene rings is 2. The van der Waals surface area contributed by atoms with Crippen molar-refractivity contribution in [2.75, 3.05) is 0 Å². The molecular weight excluding hydrogens is 278 g/mol. The van der Waals surface area contributed by atoms with Crippen molar-refractivity contribution < 1.29 is 0 Å². The van der Waals surface area contributed by atoms with Crippen LogP contribution in [0.3, 0.4) is 0 Å². The van der Waals surface area contributed by atoms with E-state index in [1.54, 1.807) is 0 Å². The molecule has 21 heavy (non-hydrogen) atoms. The number of hydrogen-bond donors (Lipinski definition) is 0. The van der Waals surface area contributed by atoms with E-state index in [1.165, 1.54) is 11.1 Å². The largest absolute Gasteiger partial charge is 0.318 e. The summed E-state index contributed by atoms with van der Waals surface area (Å²) < 4.78 is 4.52. The predicted molar refractivity (Wildman–Crippen MR) is 90.7 cm³/mol. The molecule has 106 valence electrons. The van der Waals surface area contributed by atoms with Gasteiger partial charge in [-0.05, 0) is 54.9 Å². The van der Waals surface area contributed by atoms with Crippen molar-refractivity contribution in [3.05, 3.63) is 63.9 Å². The van der Waals surface area contributed by atoms with Crippen LogP contribution in [-0.4, -0.2) is 15.5 Å². The Morgan fingerprint density at radius 1 is 1.00 bits per heavy atom. The van der Waals surface area contributed by atoms with E-state index in [0.717, 1.165) is 16.6 Å². The third-order valence-electron chi connectivity index (χ3n) is 3.77. The predicted octanol–water partition coefficient (Wildman–Crippen LogP) is 4.21. The Hall–Kier alpha value is -2.20. The van der Waals surface area contributed by atoms with Crippen molar-refractivity contribution in [1.29, 1.82) is 0 Å². The molecule has 0 spiro atoms. The third kappa shape index (κ3) is 2.43. The van der Waals surface area contributed by atoms with Crippen molar-refractivity contribution in [2.24, 2.45) is 12.1 Å². The van der Waals surface area contributed by atoms with Crippen LogP contribution in [0.25, 0.3) is 11.0 Å². The summed E-state index contributed by atoms with van der Waals surface area (Å²) in [5.74, 6) is 0. The molecule has 0 aliphatic heterocycles. The van der Waals surface area contributed by atoms with Gasteiger partial charge in [-0.1, -0.05) is 30.3 Å². The first kappa shape index (κ1) is 13.8. The Morgan fingerprint density at radius 2 is 1.62 bits per heavy atom. The first-order valence-corrected chi connectivity index (χ1v) is 7.27. The summed E-state index contributed by atoms with van der Waals surface area (Å²) >= 11 is 5.51. The molecule has 0 amide bonds. The van der Waals surface area contributed by atoms with Gasteiger partial charge in [0.05, 0.1) is 17.2 Å². The molecule has 3 aromatic rings. The zero-order chi connectivity index (χ0) is 15.0. The highest BCUT2D eigenvalue weighted by atomic mass is 32.1. The highest BCUT2D eigenvalue weighted by Gasteiger charge is 2.08. The molecule has 0 aliphatic carbocycles. The minimum absolute atomic E-state index is 0.696. The highest BCUT2D eigenvalue weighted by molar-refractivity contribution is 7.71. The number of hydrogen-bond acceptors (Lipinski definition) is 2. The van der Waals surface area contributed by atoms with Gasteiger partial charge in [0.2, 0.25) is 4.77 Å². The van der Waals surface area contributed by atoms with Crippen LogP contribution in [0.15, 0.2) is 47.6 Å². The Morgan fingerprint density at radius 3 is 2.29 bits per heavy atom. The molecule has 0 unspecified atom stereocenters. The first-order chi connectivity index (χ1) is 10.1. The van der Waals surface area contributed by atoms with Gasteiger partial charge in [0.15, 0.2) is 0 Å². The fourth-order valence-corrected chi connectivity index (χ4v) is 2.59. The molecule has 1 aromatic heterocycles. The summed E-state index contributed by atoms with van der Waals surface area (Å²) in [5, 5.41) is 4.56. The van der Waals surface area contributed by atoms with Crippen LogP contribution in [0.1, 0.15) is 16.7 Å². The maximum Gasteiger partial charge on any atom is 0.201 e. The molecule has 0 saturated heterocycles. The lowest BCUT2D eigenvalue weighted by molar-refractivity contribution is 0.818. The maximum absolute atomic E-state index is 5.51. The van der Waals surface area contributed by atoms with Crippen molar-refractivity contribution in [3.8, 4) is 0 Å². The molecule has 3 nitrogen and oxygen atoms in total. The quantitative estimate of drug-likeness (QED) is 0.513. The second-order valence-corrected chi connectivity index (χ2v) is 5.60.